The molecule has 8 rings (SSSR count). The molecule has 3 amide bonds. The molecule has 4 atom stereocenters. The molecular formula is C47H48N10O15S2. The number of fused-ring (bicyclic) bond motifs is 5. The molecule has 5 heterocycles. The number of nitrogens with two attached hydrogens (primary N) is 2. The molecule has 0 saturated carbocycles. The first kappa shape index (κ1) is 55.1. The van der Waals surface area contributed by atoms with Crippen LogP contribution in [0.2, 0.25) is 0 Å². The fourth-order valence-corrected chi connectivity index (χ4v) is 11.0. The summed E-state index contributed by atoms with van der Waals surface area (Å²) in [6, 6.07) is 13.5. The smallest absolute Gasteiger partial charge is 0.410 e. The molecule has 0 bridgehead atoms. The molecule has 0 spiro atoms. The van der Waals surface area contributed by atoms with Crippen molar-refractivity contribution >= 4 is 92.1 Å². The van der Waals surface area contributed by atoms with Crippen LogP contribution in [-0.2, 0) is 65.7 Å². The van der Waals surface area contributed by atoms with Gasteiger partial charge in [-0.25, -0.2) is 19.6 Å². The minimum Gasteiger partial charge on any atom is -0.492 e. The lowest BCUT2D eigenvalue weighted by Crippen LogP contribution is -2.56. The number of nitrogens with one attached hydrogen (secondary N) is 3. The summed E-state index contributed by atoms with van der Waals surface area (Å²) in [5, 5.41) is 6.04. The van der Waals surface area contributed by atoms with Crippen LogP contribution in [-0.4, -0.2) is 135 Å². The third-order valence-corrected chi connectivity index (χ3v) is 14.6. The monoisotopic (exact) mass is 1060 g/mol. The first-order chi connectivity index (χ1) is 35.6. The Morgan fingerprint density at radius 3 is 2.28 bits per heavy atom. The number of primary amides is 1. The maximum Gasteiger partial charge on any atom is 0.410 e. The summed E-state index contributed by atoms with van der Waals surface area (Å²) < 4.78 is 22.3. The zero-order chi connectivity index (χ0) is 53.7. The zero-order valence-electron chi connectivity index (χ0n) is 39.8. The molecule has 3 aliphatic heterocycles. The van der Waals surface area contributed by atoms with Crippen LogP contribution in [0.4, 0.5) is 21.2 Å². The third kappa shape index (κ3) is 12.2. The van der Waals surface area contributed by atoms with Crippen LogP contribution in [0.5, 0.6) is 0 Å². The van der Waals surface area contributed by atoms with Crippen molar-refractivity contribution in [1.82, 2.24) is 35.1 Å². The molecule has 2 aromatic heterocycles. The zero-order valence-corrected chi connectivity index (χ0v) is 41.5. The van der Waals surface area contributed by atoms with Gasteiger partial charge in [-0.1, -0.05) is 33.7 Å². The van der Waals surface area contributed by atoms with Gasteiger partial charge in [0, 0.05) is 66.1 Å². The number of rotatable bonds is 20. The Hall–Kier alpha value is -8.22. The van der Waals surface area contributed by atoms with E-state index in [1.54, 1.807) is 50.8 Å². The molecule has 2 saturated heterocycles. The van der Waals surface area contributed by atoms with Gasteiger partial charge in [0.1, 0.15) is 25.0 Å². The average Bonchev–Trinajstić information content (AvgIpc) is 3.89. The molecular weight excluding hydrogens is 1010 g/mol. The van der Waals surface area contributed by atoms with E-state index in [9.17, 15) is 33.6 Å². The second-order valence-corrected chi connectivity index (χ2v) is 18.9. The lowest BCUT2D eigenvalue weighted by atomic mass is 9.83. The van der Waals surface area contributed by atoms with Crippen LogP contribution in [0, 0.1) is 5.92 Å². The van der Waals surface area contributed by atoms with Crippen molar-refractivity contribution in [1.29, 1.82) is 0 Å². The molecule has 388 valence electrons. The number of amides is 3. The largest absolute Gasteiger partial charge is 0.492 e. The number of allylic oxidation sites excluding steroid dienone is 2. The molecule has 7 N–H and O–H groups in total. The fourth-order valence-electron chi connectivity index (χ4n) is 8.93. The number of nitrogen functional groups attached to an aromatic ring is 1. The van der Waals surface area contributed by atoms with Crippen molar-refractivity contribution in [2.24, 2.45) is 11.7 Å². The second-order valence-electron chi connectivity index (χ2n) is 16.4. The van der Waals surface area contributed by atoms with Gasteiger partial charge >= 0.3 is 24.5 Å². The highest BCUT2D eigenvalue weighted by Gasteiger charge is 2.78. The van der Waals surface area contributed by atoms with Gasteiger partial charge in [0.05, 0.1) is 43.2 Å². The lowest BCUT2D eigenvalue weighted by molar-refractivity contribution is -0.193. The number of H-pyrrole nitrogens is 1. The summed E-state index contributed by atoms with van der Waals surface area (Å²) in [7, 11) is 5.93. The summed E-state index contributed by atoms with van der Waals surface area (Å²) >= 11 is 0. The number of Topliss-reactive ketones (excluding diaryl/α,β-unsaturated/α-hetero) is 3. The standard InChI is InChI=1S/C45H48N10O11S2.2CO2/c1-23-35(57)34-32(36(58)37(23)63-2)30(22-65-43(47)61)45(64-3)38-31(20-54(34)45)55(38)44(62)66-21-24-8-14-29(15-9-24)68-67-17-5-7-28(56)6-4-16-48-40(59)25-10-12-26(13-11-25)49-18-27-19-50-39-33(51-27)41(60)53-42(46)52-39;2*2-1-3/h8-15,19,30-31,38,49H,4-7,16-18,20-22H2,1-3H3,(H2,47,61)(H,48,59)(H3,46,50,52,53,60);;/t30-,31?,38?,45-,55?;;/m1../s1. The van der Waals surface area contributed by atoms with E-state index in [1.165, 1.54) is 32.2 Å². The number of methoxy groups -OCH3 is 2. The first-order valence-electron chi connectivity index (χ1n) is 22.4. The van der Waals surface area contributed by atoms with Crippen molar-refractivity contribution in [3.8, 4) is 0 Å². The molecule has 25 nitrogen and oxygen atoms in total. The SMILES string of the molecule is COC1=C(C)C(=O)C2=C(C1=O)[C@@H](COC(N)=O)[C@@]1(OC)C3C(CN21)N3C(=O)OCc1ccc(SSCCCC(=O)CCCNC(=O)c2ccc(NCc3cnc4nc(N)[nH]c(=O)c4n3)cc2)cc1.O=C=O.O=C=O. The van der Waals surface area contributed by atoms with Crippen molar-refractivity contribution < 1.29 is 66.9 Å². The molecule has 2 aromatic carbocycles. The van der Waals surface area contributed by atoms with E-state index in [1.807, 2.05) is 24.3 Å². The van der Waals surface area contributed by atoms with Crippen molar-refractivity contribution in [2.45, 2.75) is 68.5 Å². The van der Waals surface area contributed by atoms with E-state index in [0.717, 1.165) is 21.9 Å². The number of ketones is 3. The summed E-state index contributed by atoms with van der Waals surface area (Å²) in [6.45, 7) is 2.00. The summed E-state index contributed by atoms with van der Waals surface area (Å²) in [4.78, 5) is 141. The fraction of sp³-hybridized carbons (Fsp3) is 0.362. The van der Waals surface area contributed by atoms with Crippen LogP contribution >= 0.6 is 21.6 Å². The first-order valence-corrected chi connectivity index (χ1v) is 24.7. The number of carbonyl (C=O) groups is 6. The quantitative estimate of drug-likeness (QED) is 0.0367. The van der Waals surface area contributed by atoms with E-state index in [4.69, 9.17) is 49.6 Å². The Kier molecular flexibility index (Phi) is 18.6. The highest BCUT2D eigenvalue weighted by atomic mass is 33.1. The third-order valence-electron chi connectivity index (χ3n) is 12.1. The highest BCUT2D eigenvalue weighted by molar-refractivity contribution is 8.76. The van der Waals surface area contributed by atoms with Crippen molar-refractivity contribution in [2.75, 3.05) is 50.7 Å². The van der Waals surface area contributed by atoms with Crippen LogP contribution in [0.3, 0.4) is 0 Å². The summed E-state index contributed by atoms with van der Waals surface area (Å²) in [5.74, 6) is -1.36. The van der Waals surface area contributed by atoms with Gasteiger partial charge in [0.2, 0.25) is 17.5 Å². The summed E-state index contributed by atoms with van der Waals surface area (Å²) in [5.41, 5.74) is 12.1. The number of ether oxygens (including phenoxy) is 4. The summed E-state index contributed by atoms with van der Waals surface area (Å²) in [6.07, 6.45) is 2.40. The van der Waals surface area contributed by atoms with E-state index in [0.29, 0.717) is 43.5 Å². The van der Waals surface area contributed by atoms with Gasteiger partial charge in [-0.2, -0.15) is 24.2 Å². The Bertz CT molecular complexity index is 3000. The normalized spacial score (nSPS) is 18.8. The number of benzene rings is 2. The van der Waals surface area contributed by atoms with Crippen LogP contribution < -0.4 is 27.7 Å². The van der Waals surface area contributed by atoms with Gasteiger partial charge < -0.3 is 45.9 Å². The number of piperazine rings is 1. The van der Waals surface area contributed by atoms with E-state index >= 15 is 0 Å². The number of hydrogen-bond donors (Lipinski definition) is 5. The predicted octanol–water partition coefficient (Wildman–Crippen LogP) is 2.44. The lowest BCUT2D eigenvalue weighted by Gasteiger charge is -2.40. The predicted molar refractivity (Wildman–Crippen MR) is 259 cm³/mol. The maximum atomic E-state index is 13.6. The Balaban J connectivity index is 0.00000142. The van der Waals surface area contributed by atoms with Crippen LogP contribution in [0.25, 0.3) is 11.2 Å². The molecule has 1 aliphatic carbocycles. The Labute approximate surface area is 427 Å². The molecule has 27 heteroatoms. The van der Waals surface area contributed by atoms with Crippen molar-refractivity contribution in [3.63, 3.8) is 0 Å². The van der Waals surface area contributed by atoms with E-state index in [-0.39, 0.29) is 96.1 Å². The minimum absolute atomic E-state index is 0.000135. The van der Waals surface area contributed by atoms with E-state index < -0.39 is 47.0 Å². The number of aromatic nitrogens is 4. The Morgan fingerprint density at radius 1 is 0.932 bits per heavy atom. The number of anilines is 2. The average molecular weight is 1060 g/mol. The molecule has 2 unspecified atom stereocenters. The van der Waals surface area contributed by atoms with Gasteiger partial charge in [0.15, 0.2) is 22.6 Å². The van der Waals surface area contributed by atoms with Crippen LogP contribution in [0.15, 0.2) is 87.0 Å². The van der Waals surface area contributed by atoms with Gasteiger partial charge in [-0.05, 0) is 61.7 Å². The Morgan fingerprint density at radius 2 is 1.62 bits per heavy atom. The number of nitrogens with zero attached hydrogens (tertiary/aromatic N) is 5. The molecule has 2 fully saturated rings. The molecule has 4 aliphatic rings. The second kappa shape index (κ2) is 24.9. The minimum atomic E-state index is -1.39. The molecule has 4 aromatic rings. The molecule has 74 heavy (non-hydrogen) atoms. The number of hydrogen-bond acceptors (Lipinski definition) is 23. The van der Waals surface area contributed by atoms with Crippen molar-refractivity contribution in [3.05, 3.63) is 105 Å². The highest BCUT2D eigenvalue weighted by Crippen LogP contribution is 2.60. The molecule has 0 radical (unpaired) electrons. The number of carbonyl (C=O) groups excluding carboxylic acids is 10. The van der Waals surface area contributed by atoms with Gasteiger partial charge in [-0.3, -0.25) is 33.9 Å². The number of aromatic amines is 1. The van der Waals surface area contributed by atoms with E-state index in [2.05, 4.69) is 30.6 Å². The van der Waals surface area contributed by atoms with Gasteiger partial charge in [-0.15, -0.1) is 0 Å². The topological polar surface area (TPSA) is 361 Å². The van der Waals surface area contributed by atoms with Crippen LogP contribution in [0.1, 0.15) is 54.2 Å². The van der Waals surface area contributed by atoms with Gasteiger partial charge in [0.25, 0.3) is 11.5 Å². The maximum absolute atomic E-state index is 13.6.